The lowest BCUT2D eigenvalue weighted by Crippen LogP contribution is -2.31. The van der Waals surface area contributed by atoms with E-state index in [9.17, 15) is 4.79 Å². The lowest BCUT2D eigenvalue weighted by molar-refractivity contribution is -0.122. The molecule has 1 heterocycles. The Balaban J connectivity index is 1.78. The van der Waals surface area contributed by atoms with Crippen LogP contribution in [0.2, 0.25) is 0 Å². The summed E-state index contributed by atoms with van der Waals surface area (Å²) < 4.78 is 10.7. The van der Waals surface area contributed by atoms with Crippen LogP contribution in [0, 0.1) is 0 Å². The molecule has 1 aliphatic rings. The maximum absolute atomic E-state index is 12.6. The predicted octanol–water partition coefficient (Wildman–Crippen LogP) is 2.24. The van der Waals surface area contributed by atoms with Crippen LogP contribution in [0.25, 0.3) is 0 Å². The Hall–Kier alpha value is -2.53. The third-order valence-corrected chi connectivity index (χ3v) is 4.03. The number of nitrogens with one attached hydrogen (secondary N) is 1. The maximum atomic E-state index is 12.6. The molecule has 0 saturated carbocycles. The Bertz CT molecular complexity index is 687. The van der Waals surface area contributed by atoms with Crippen molar-refractivity contribution in [2.75, 3.05) is 19.9 Å². The molecule has 0 aromatic heterocycles. The lowest BCUT2D eigenvalue weighted by Gasteiger charge is -2.17. The van der Waals surface area contributed by atoms with E-state index < -0.39 is 0 Å². The monoisotopic (exact) mass is 327 g/mol. The third kappa shape index (κ3) is 3.86. The van der Waals surface area contributed by atoms with Crippen molar-refractivity contribution in [2.45, 2.75) is 18.8 Å². The summed E-state index contributed by atoms with van der Waals surface area (Å²) in [5.41, 5.74) is 1.99. The molecule has 0 fully saturated rings. The summed E-state index contributed by atoms with van der Waals surface area (Å²) >= 11 is 0. The second kappa shape index (κ2) is 7.84. The smallest absolute Gasteiger partial charge is 0.231 e. The molecule has 0 radical (unpaired) electrons. The zero-order valence-corrected chi connectivity index (χ0v) is 13.4. The molecule has 24 heavy (non-hydrogen) atoms. The second-order valence-corrected chi connectivity index (χ2v) is 5.72. The first-order valence-electron chi connectivity index (χ1n) is 8.10. The molecule has 0 saturated heterocycles. The van der Waals surface area contributed by atoms with Crippen LogP contribution in [0.3, 0.4) is 0 Å². The molecule has 126 valence electrons. The molecular formula is C19H21NO4. The van der Waals surface area contributed by atoms with E-state index in [4.69, 9.17) is 14.6 Å². The molecule has 1 atom stereocenters. The van der Waals surface area contributed by atoms with Crippen molar-refractivity contribution >= 4 is 5.91 Å². The van der Waals surface area contributed by atoms with Gasteiger partial charge < -0.3 is 19.9 Å². The molecule has 0 spiro atoms. The molecule has 2 aromatic rings. The summed E-state index contributed by atoms with van der Waals surface area (Å²) in [6.07, 6.45) is 1.13. The minimum atomic E-state index is -0.287. The summed E-state index contributed by atoms with van der Waals surface area (Å²) in [6, 6.07) is 15.5. The highest BCUT2D eigenvalue weighted by Gasteiger charge is 2.22. The number of fused-ring (bicyclic) bond motifs is 1. The van der Waals surface area contributed by atoms with E-state index in [2.05, 4.69) is 5.32 Å². The summed E-state index contributed by atoms with van der Waals surface area (Å²) in [5.74, 6) is 1.14. The van der Waals surface area contributed by atoms with Gasteiger partial charge in [0, 0.05) is 13.2 Å². The quantitative estimate of drug-likeness (QED) is 0.765. The van der Waals surface area contributed by atoms with Crippen molar-refractivity contribution in [2.24, 2.45) is 0 Å². The van der Waals surface area contributed by atoms with Crippen LogP contribution in [0.1, 0.15) is 23.5 Å². The van der Waals surface area contributed by atoms with E-state index in [0.717, 1.165) is 22.6 Å². The van der Waals surface area contributed by atoms with Gasteiger partial charge in [-0.25, -0.2) is 0 Å². The number of amides is 1. The molecule has 2 aromatic carbocycles. The van der Waals surface area contributed by atoms with Gasteiger partial charge in [-0.1, -0.05) is 36.4 Å². The molecule has 5 nitrogen and oxygen atoms in total. The van der Waals surface area contributed by atoms with E-state index >= 15 is 0 Å². The number of aliphatic hydroxyl groups is 1. The third-order valence-electron chi connectivity index (χ3n) is 4.03. The van der Waals surface area contributed by atoms with E-state index in [1.807, 2.05) is 48.5 Å². The Morgan fingerprint density at radius 3 is 2.71 bits per heavy atom. The van der Waals surface area contributed by atoms with Gasteiger partial charge in [-0.15, -0.1) is 0 Å². The largest absolute Gasteiger partial charge is 0.454 e. The molecule has 5 heteroatoms. The van der Waals surface area contributed by atoms with Crippen molar-refractivity contribution < 1.29 is 19.4 Å². The van der Waals surface area contributed by atoms with E-state index in [1.165, 1.54) is 0 Å². The van der Waals surface area contributed by atoms with E-state index in [-0.39, 0.29) is 25.2 Å². The topological polar surface area (TPSA) is 67.8 Å². The van der Waals surface area contributed by atoms with Crippen LogP contribution in [-0.4, -0.2) is 31.0 Å². The van der Waals surface area contributed by atoms with Gasteiger partial charge in [0.25, 0.3) is 0 Å². The van der Waals surface area contributed by atoms with Crippen LogP contribution in [0.15, 0.2) is 48.5 Å². The standard InChI is InChI=1S/C19H21NO4/c21-10-4-9-20-19(22)16(15-5-2-1-3-6-15)11-14-7-8-17-18(12-14)24-13-23-17/h1-3,5-8,12,16,21H,4,9-11,13H2,(H,20,22). The average Bonchev–Trinajstić information content (AvgIpc) is 3.08. The average molecular weight is 327 g/mol. The van der Waals surface area contributed by atoms with Crippen molar-refractivity contribution in [3.8, 4) is 11.5 Å². The molecular weight excluding hydrogens is 306 g/mol. The van der Waals surface area contributed by atoms with E-state index in [0.29, 0.717) is 19.4 Å². The SMILES string of the molecule is O=C(NCCCO)C(Cc1ccc2c(c1)OCO2)c1ccccc1. The van der Waals surface area contributed by atoms with Gasteiger partial charge in [-0.2, -0.15) is 0 Å². The van der Waals surface area contributed by atoms with Gasteiger partial charge in [0.2, 0.25) is 12.7 Å². The summed E-state index contributed by atoms with van der Waals surface area (Å²) in [4.78, 5) is 12.6. The van der Waals surface area contributed by atoms with Crippen molar-refractivity contribution in [3.63, 3.8) is 0 Å². The molecule has 2 N–H and O–H groups in total. The van der Waals surface area contributed by atoms with Crippen LogP contribution in [-0.2, 0) is 11.2 Å². The van der Waals surface area contributed by atoms with E-state index in [1.54, 1.807) is 0 Å². The predicted molar refractivity (Wildman–Crippen MR) is 90.2 cm³/mol. The number of aliphatic hydroxyl groups excluding tert-OH is 1. The first kappa shape index (κ1) is 16.3. The highest BCUT2D eigenvalue weighted by molar-refractivity contribution is 5.84. The number of hydrogen-bond acceptors (Lipinski definition) is 4. The number of carbonyl (C=O) groups excluding carboxylic acids is 1. The minimum absolute atomic E-state index is 0.0349. The molecule has 1 unspecified atom stereocenters. The fraction of sp³-hybridized carbons (Fsp3) is 0.316. The van der Waals surface area contributed by atoms with Gasteiger partial charge in [0.15, 0.2) is 11.5 Å². The second-order valence-electron chi connectivity index (χ2n) is 5.72. The number of benzene rings is 2. The summed E-state index contributed by atoms with van der Waals surface area (Å²) in [6.45, 7) is 0.779. The van der Waals surface area contributed by atoms with Crippen molar-refractivity contribution in [3.05, 3.63) is 59.7 Å². The highest BCUT2D eigenvalue weighted by atomic mass is 16.7. The first-order chi connectivity index (χ1) is 11.8. The van der Waals surface area contributed by atoms with Crippen molar-refractivity contribution in [1.82, 2.24) is 5.32 Å². The molecule has 3 rings (SSSR count). The fourth-order valence-electron chi connectivity index (χ4n) is 2.76. The number of ether oxygens (including phenoxy) is 2. The molecule has 0 bridgehead atoms. The minimum Gasteiger partial charge on any atom is -0.454 e. The summed E-state index contributed by atoms with van der Waals surface area (Å²) in [7, 11) is 0. The normalized spacial score (nSPS) is 13.5. The van der Waals surface area contributed by atoms with Crippen LogP contribution in [0.4, 0.5) is 0 Å². The highest BCUT2D eigenvalue weighted by Crippen LogP contribution is 2.34. The molecule has 1 aliphatic heterocycles. The fourth-order valence-corrected chi connectivity index (χ4v) is 2.76. The lowest BCUT2D eigenvalue weighted by atomic mass is 9.91. The Kier molecular flexibility index (Phi) is 5.33. The van der Waals surface area contributed by atoms with Gasteiger partial charge in [0.05, 0.1) is 5.92 Å². The Labute approximate surface area is 141 Å². The van der Waals surface area contributed by atoms with Crippen LogP contribution >= 0.6 is 0 Å². The number of carbonyl (C=O) groups is 1. The van der Waals surface area contributed by atoms with Crippen molar-refractivity contribution in [1.29, 1.82) is 0 Å². The molecule has 0 aliphatic carbocycles. The first-order valence-corrected chi connectivity index (χ1v) is 8.10. The van der Waals surface area contributed by atoms with Crippen LogP contribution < -0.4 is 14.8 Å². The van der Waals surface area contributed by atoms with Gasteiger partial charge in [0.1, 0.15) is 0 Å². The zero-order chi connectivity index (χ0) is 16.8. The summed E-state index contributed by atoms with van der Waals surface area (Å²) in [5, 5.41) is 11.8. The Morgan fingerprint density at radius 1 is 1.12 bits per heavy atom. The van der Waals surface area contributed by atoms with Crippen LogP contribution in [0.5, 0.6) is 11.5 Å². The molecule has 1 amide bonds. The maximum Gasteiger partial charge on any atom is 0.231 e. The van der Waals surface area contributed by atoms with Gasteiger partial charge >= 0.3 is 0 Å². The Morgan fingerprint density at radius 2 is 1.92 bits per heavy atom. The number of rotatable bonds is 7. The zero-order valence-electron chi connectivity index (χ0n) is 13.4. The van der Waals surface area contributed by atoms with Gasteiger partial charge in [-0.05, 0) is 36.1 Å². The van der Waals surface area contributed by atoms with Gasteiger partial charge in [-0.3, -0.25) is 4.79 Å². The number of hydrogen-bond donors (Lipinski definition) is 2.